The van der Waals surface area contributed by atoms with E-state index in [-0.39, 0.29) is 10.8 Å². The third kappa shape index (κ3) is 2.24. The van der Waals surface area contributed by atoms with Crippen LogP contribution in [0.4, 0.5) is 0 Å². The lowest BCUT2D eigenvalue weighted by Crippen LogP contribution is -2.29. The van der Waals surface area contributed by atoms with Crippen LogP contribution in [0.25, 0.3) is 0 Å². The second-order valence-corrected chi connectivity index (χ2v) is 4.48. The van der Waals surface area contributed by atoms with Crippen molar-refractivity contribution in [2.75, 3.05) is 20.2 Å². The van der Waals surface area contributed by atoms with Crippen molar-refractivity contribution in [3.63, 3.8) is 0 Å². The highest BCUT2D eigenvalue weighted by Gasteiger charge is 2.23. The van der Waals surface area contributed by atoms with Gasteiger partial charge in [0.25, 0.3) is 0 Å². The molecule has 0 unspecified atom stereocenters. The average molecular weight is 219 g/mol. The van der Waals surface area contributed by atoms with Gasteiger partial charge in [0.2, 0.25) is 15.9 Å². The van der Waals surface area contributed by atoms with E-state index in [4.69, 9.17) is 10.5 Å². The lowest BCUT2D eigenvalue weighted by atomic mass is 10.4. The Hall–Kier alpha value is -1.08. The van der Waals surface area contributed by atoms with E-state index in [9.17, 15) is 8.42 Å². The smallest absolute Gasteiger partial charge is 0.247 e. The first-order valence-electron chi connectivity index (χ1n) is 4.15. The van der Waals surface area contributed by atoms with Crippen LogP contribution in [0.5, 0.6) is 0 Å². The van der Waals surface area contributed by atoms with Crippen molar-refractivity contribution in [1.29, 1.82) is 0 Å². The molecule has 1 rings (SSSR count). The van der Waals surface area contributed by atoms with Crippen LogP contribution < -0.4 is 10.5 Å². The number of ether oxygens (including phenoxy) is 1. The molecule has 1 aliphatic heterocycles. The maximum absolute atomic E-state index is 11.4. The molecule has 0 bridgehead atoms. The topological polar surface area (TPSA) is 93.8 Å². The Labute approximate surface area is 82.9 Å². The Balaban J connectivity index is 2.99. The molecule has 0 radical (unpaired) electrons. The second-order valence-electron chi connectivity index (χ2n) is 2.63. The standard InChI is InChI=1S/C7H13N3O3S/c1-9-14(11,12)6(5-8)7-10-3-2-4-13-7/h5,9H,2-4,8H2,1H3/b6-5+. The number of nitrogens with two attached hydrogens (primary N) is 1. The van der Waals surface area contributed by atoms with Crippen LogP contribution in [-0.2, 0) is 14.8 Å². The first kappa shape index (κ1) is 11.0. The Morgan fingerprint density at radius 3 is 2.86 bits per heavy atom. The predicted octanol–water partition coefficient (Wildman–Crippen LogP) is -0.845. The normalized spacial score (nSPS) is 18.6. The molecule has 7 heteroatoms. The Bertz CT molecular complexity index is 358. The van der Waals surface area contributed by atoms with Gasteiger partial charge in [-0.25, -0.2) is 13.1 Å². The summed E-state index contributed by atoms with van der Waals surface area (Å²) in [6.45, 7) is 1.03. The summed E-state index contributed by atoms with van der Waals surface area (Å²) in [7, 11) is -2.27. The molecule has 0 saturated heterocycles. The number of nitrogens with one attached hydrogen (secondary N) is 1. The summed E-state index contributed by atoms with van der Waals surface area (Å²) in [5.74, 6) is 0.0908. The Kier molecular flexibility index (Phi) is 3.48. The molecule has 0 aromatic heterocycles. The highest BCUT2D eigenvalue weighted by Crippen LogP contribution is 2.10. The monoisotopic (exact) mass is 219 g/mol. The number of hydrogen-bond acceptors (Lipinski definition) is 5. The van der Waals surface area contributed by atoms with Gasteiger partial charge in [-0.1, -0.05) is 0 Å². The maximum atomic E-state index is 11.4. The molecule has 0 atom stereocenters. The second kappa shape index (κ2) is 4.43. The zero-order valence-electron chi connectivity index (χ0n) is 7.86. The highest BCUT2D eigenvalue weighted by molar-refractivity contribution is 7.94. The van der Waals surface area contributed by atoms with E-state index in [1.807, 2.05) is 0 Å². The largest absolute Gasteiger partial charge is 0.477 e. The summed E-state index contributed by atoms with van der Waals surface area (Å²) in [6.07, 6.45) is 1.77. The molecular weight excluding hydrogens is 206 g/mol. The fourth-order valence-corrected chi connectivity index (χ4v) is 1.75. The first-order valence-corrected chi connectivity index (χ1v) is 5.63. The molecule has 3 N–H and O–H groups in total. The van der Waals surface area contributed by atoms with Gasteiger partial charge in [-0.15, -0.1) is 0 Å². The quantitative estimate of drug-likeness (QED) is 0.646. The lowest BCUT2D eigenvalue weighted by Gasteiger charge is -2.15. The molecule has 6 nitrogen and oxygen atoms in total. The number of rotatable bonds is 3. The van der Waals surface area contributed by atoms with Crippen molar-refractivity contribution >= 4 is 15.9 Å². The van der Waals surface area contributed by atoms with Crippen LogP contribution in [0, 0.1) is 0 Å². The van der Waals surface area contributed by atoms with Crippen LogP contribution in [0.2, 0.25) is 0 Å². The molecule has 0 spiro atoms. The van der Waals surface area contributed by atoms with Crippen LogP contribution in [0.15, 0.2) is 16.1 Å². The zero-order chi connectivity index (χ0) is 10.6. The summed E-state index contributed by atoms with van der Waals surface area (Å²) in [4.78, 5) is 3.83. The molecule has 14 heavy (non-hydrogen) atoms. The van der Waals surface area contributed by atoms with Crippen molar-refractivity contribution in [3.05, 3.63) is 11.1 Å². The summed E-state index contributed by atoms with van der Waals surface area (Å²) in [6, 6.07) is 0. The van der Waals surface area contributed by atoms with Crippen molar-refractivity contribution in [2.24, 2.45) is 10.7 Å². The molecule has 80 valence electrons. The van der Waals surface area contributed by atoms with E-state index in [0.29, 0.717) is 13.2 Å². The first-order chi connectivity index (χ1) is 6.61. The van der Waals surface area contributed by atoms with Gasteiger partial charge in [0.1, 0.15) is 0 Å². The lowest BCUT2D eigenvalue weighted by molar-refractivity contribution is 0.284. The number of aliphatic imine (C=N–C) groups is 1. The van der Waals surface area contributed by atoms with E-state index in [2.05, 4.69) is 9.71 Å². The summed E-state index contributed by atoms with van der Waals surface area (Å²) < 4.78 is 30.1. The number of sulfonamides is 1. The van der Waals surface area contributed by atoms with Crippen LogP contribution >= 0.6 is 0 Å². The third-order valence-electron chi connectivity index (χ3n) is 1.72. The summed E-state index contributed by atoms with van der Waals surface area (Å²) in [5.41, 5.74) is 5.22. The van der Waals surface area contributed by atoms with Crippen molar-refractivity contribution in [1.82, 2.24) is 4.72 Å². The van der Waals surface area contributed by atoms with Gasteiger partial charge in [-0.2, -0.15) is 0 Å². The molecule has 0 amide bonds. The van der Waals surface area contributed by atoms with Crippen molar-refractivity contribution < 1.29 is 13.2 Å². The van der Waals surface area contributed by atoms with Gasteiger partial charge in [0.15, 0.2) is 4.91 Å². The van der Waals surface area contributed by atoms with Gasteiger partial charge in [-0.05, 0) is 7.05 Å². The van der Waals surface area contributed by atoms with E-state index in [1.165, 1.54) is 7.05 Å². The number of nitrogens with zero attached hydrogens (tertiary/aromatic N) is 1. The molecule has 1 aliphatic rings. The maximum Gasteiger partial charge on any atom is 0.247 e. The van der Waals surface area contributed by atoms with Gasteiger partial charge in [0, 0.05) is 19.2 Å². The minimum atomic E-state index is -3.58. The van der Waals surface area contributed by atoms with E-state index in [1.54, 1.807) is 0 Å². The van der Waals surface area contributed by atoms with Crippen LogP contribution in [0.1, 0.15) is 6.42 Å². The van der Waals surface area contributed by atoms with E-state index in [0.717, 1.165) is 12.6 Å². The molecule has 0 aromatic rings. The highest BCUT2D eigenvalue weighted by atomic mass is 32.2. The fourth-order valence-electron chi connectivity index (χ4n) is 0.994. The van der Waals surface area contributed by atoms with E-state index >= 15 is 0 Å². The third-order valence-corrected chi connectivity index (χ3v) is 3.14. The minimum Gasteiger partial charge on any atom is -0.477 e. The number of hydrogen-bond donors (Lipinski definition) is 2. The molecule has 0 saturated carbocycles. The van der Waals surface area contributed by atoms with Crippen molar-refractivity contribution in [2.45, 2.75) is 6.42 Å². The Morgan fingerprint density at radius 2 is 2.43 bits per heavy atom. The molecular formula is C7H13N3O3S. The van der Waals surface area contributed by atoms with Crippen molar-refractivity contribution in [3.8, 4) is 0 Å². The van der Waals surface area contributed by atoms with Gasteiger partial charge in [-0.3, -0.25) is 4.99 Å². The van der Waals surface area contributed by atoms with Crippen LogP contribution in [0.3, 0.4) is 0 Å². The minimum absolute atomic E-state index is 0.0908. The summed E-state index contributed by atoms with van der Waals surface area (Å²) >= 11 is 0. The molecule has 0 aliphatic carbocycles. The average Bonchev–Trinajstić information content (AvgIpc) is 2.20. The van der Waals surface area contributed by atoms with Gasteiger partial charge >= 0.3 is 0 Å². The summed E-state index contributed by atoms with van der Waals surface area (Å²) in [5, 5.41) is 0. The molecule has 1 heterocycles. The van der Waals surface area contributed by atoms with Crippen LogP contribution in [-0.4, -0.2) is 34.5 Å². The molecule has 0 fully saturated rings. The predicted molar refractivity (Wildman–Crippen MR) is 53.1 cm³/mol. The fraction of sp³-hybridized carbons (Fsp3) is 0.571. The van der Waals surface area contributed by atoms with Gasteiger partial charge < -0.3 is 10.5 Å². The Morgan fingerprint density at radius 1 is 1.71 bits per heavy atom. The zero-order valence-corrected chi connectivity index (χ0v) is 8.67. The molecule has 0 aromatic carbocycles. The van der Waals surface area contributed by atoms with E-state index < -0.39 is 10.0 Å². The SMILES string of the molecule is CNS(=O)(=O)/C(=C/N)C1=NCCCO1. The van der Waals surface area contributed by atoms with Gasteiger partial charge in [0.05, 0.1) is 6.61 Å².